The molecule has 3 aromatic rings. The third-order valence-electron chi connectivity index (χ3n) is 5.98. The van der Waals surface area contributed by atoms with Gasteiger partial charge in [0.15, 0.2) is 0 Å². The lowest BCUT2D eigenvalue weighted by Gasteiger charge is -2.34. The average molecular weight is 401 g/mol. The number of carbonyl (C=O) groups is 2. The van der Waals surface area contributed by atoms with Crippen molar-refractivity contribution in [1.82, 2.24) is 19.8 Å². The highest BCUT2D eigenvalue weighted by molar-refractivity contribution is 6.50. The van der Waals surface area contributed by atoms with Crippen molar-refractivity contribution in [3.05, 3.63) is 60.0 Å². The molecule has 1 saturated heterocycles. The molecule has 2 aromatic heterocycles. The number of piperazine rings is 1. The van der Waals surface area contributed by atoms with Crippen LogP contribution < -0.4 is 10.2 Å². The largest absolute Gasteiger partial charge is 0.368 e. The number of nitrogens with one attached hydrogen (secondary N) is 1. The molecule has 1 N–H and O–H groups in total. The Balaban J connectivity index is 1.64. The molecule has 5 rings (SSSR count). The summed E-state index contributed by atoms with van der Waals surface area (Å²) in [6.45, 7) is 3.77. The molecule has 30 heavy (non-hydrogen) atoms. The standard InChI is InChI=1S/C23H23N5O2/c1-26-7-9-28(10-8-26)16-11-15(12-24-13-16)20-21(23(30)25-22(20)29)18-14-27(2)19-6-4-3-5-17(18)19/h3-6,11-14H,7-10H2,1-2H3,(H,25,29,30). The van der Waals surface area contributed by atoms with E-state index in [2.05, 4.69) is 27.1 Å². The Morgan fingerprint density at radius 2 is 1.67 bits per heavy atom. The number of nitrogens with zero attached hydrogens (tertiary/aromatic N) is 4. The molecular formula is C23H23N5O2. The van der Waals surface area contributed by atoms with Crippen molar-refractivity contribution >= 4 is 39.6 Å². The van der Waals surface area contributed by atoms with E-state index in [1.807, 2.05) is 54.3 Å². The number of aromatic nitrogens is 2. The van der Waals surface area contributed by atoms with Gasteiger partial charge in [-0.25, -0.2) is 0 Å². The Labute approximate surface area is 174 Å². The summed E-state index contributed by atoms with van der Waals surface area (Å²) in [7, 11) is 4.05. The maximum Gasteiger partial charge on any atom is 0.259 e. The van der Waals surface area contributed by atoms with Crippen LogP contribution in [0.15, 0.2) is 48.9 Å². The predicted molar refractivity (Wildman–Crippen MR) is 117 cm³/mol. The number of aryl methyl sites for hydroxylation is 1. The fourth-order valence-electron chi connectivity index (χ4n) is 4.33. The van der Waals surface area contributed by atoms with Gasteiger partial charge < -0.3 is 14.4 Å². The number of para-hydroxylation sites is 1. The molecule has 4 heterocycles. The van der Waals surface area contributed by atoms with Gasteiger partial charge in [0.05, 0.1) is 23.0 Å². The lowest BCUT2D eigenvalue weighted by Crippen LogP contribution is -2.44. The second-order valence-corrected chi connectivity index (χ2v) is 7.93. The zero-order valence-corrected chi connectivity index (χ0v) is 17.1. The van der Waals surface area contributed by atoms with E-state index in [0.717, 1.165) is 48.3 Å². The van der Waals surface area contributed by atoms with E-state index in [4.69, 9.17) is 0 Å². The van der Waals surface area contributed by atoms with Crippen molar-refractivity contribution in [2.45, 2.75) is 0 Å². The molecule has 2 aliphatic rings. The minimum absolute atomic E-state index is 0.364. The number of pyridine rings is 1. The first kappa shape index (κ1) is 18.6. The third kappa shape index (κ3) is 2.98. The van der Waals surface area contributed by atoms with Crippen LogP contribution in [0.1, 0.15) is 11.1 Å². The van der Waals surface area contributed by atoms with Crippen molar-refractivity contribution in [2.24, 2.45) is 7.05 Å². The van der Waals surface area contributed by atoms with Crippen molar-refractivity contribution in [3.8, 4) is 0 Å². The van der Waals surface area contributed by atoms with Gasteiger partial charge in [0.25, 0.3) is 11.8 Å². The van der Waals surface area contributed by atoms with Crippen LogP contribution in [0, 0.1) is 0 Å². The maximum absolute atomic E-state index is 12.8. The van der Waals surface area contributed by atoms with Crippen LogP contribution in [0.4, 0.5) is 5.69 Å². The van der Waals surface area contributed by atoms with Crippen LogP contribution in [0.3, 0.4) is 0 Å². The fourth-order valence-corrected chi connectivity index (χ4v) is 4.33. The summed E-state index contributed by atoms with van der Waals surface area (Å²) in [5.74, 6) is -0.739. The first-order chi connectivity index (χ1) is 14.5. The smallest absolute Gasteiger partial charge is 0.259 e. The van der Waals surface area contributed by atoms with Crippen LogP contribution in [-0.4, -0.2) is 59.5 Å². The second-order valence-electron chi connectivity index (χ2n) is 7.93. The van der Waals surface area contributed by atoms with Crippen molar-refractivity contribution < 1.29 is 9.59 Å². The van der Waals surface area contributed by atoms with E-state index < -0.39 is 0 Å². The normalized spacial score (nSPS) is 17.9. The van der Waals surface area contributed by atoms with E-state index >= 15 is 0 Å². The molecule has 0 saturated carbocycles. The van der Waals surface area contributed by atoms with Gasteiger partial charge in [-0.3, -0.25) is 19.9 Å². The average Bonchev–Trinajstić information content (AvgIpc) is 3.24. The van der Waals surface area contributed by atoms with Crippen LogP contribution in [0.25, 0.3) is 22.0 Å². The number of imide groups is 1. The van der Waals surface area contributed by atoms with Gasteiger partial charge in [-0.2, -0.15) is 0 Å². The first-order valence-electron chi connectivity index (χ1n) is 10.1. The summed E-state index contributed by atoms with van der Waals surface area (Å²) in [6.07, 6.45) is 5.40. The summed E-state index contributed by atoms with van der Waals surface area (Å²) >= 11 is 0. The molecule has 1 aromatic carbocycles. The minimum atomic E-state index is -0.375. The number of hydrogen-bond donors (Lipinski definition) is 1. The number of carbonyl (C=O) groups excluding carboxylic acids is 2. The highest BCUT2D eigenvalue weighted by Crippen LogP contribution is 2.36. The summed E-state index contributed by atoms with van der Waals surface area (Å²) in [5.41, 5.74) is 4.21. The minimum Gasteiger partial charge on any atom is -0.368 e. The molecule has 2 aliphatic heterocycles. The highest BCUT2D eigenvalue weighted by atomic mass is 16.2. The maximum atomic E-state index is 12.8. The summed E-state index contributed by atoms with van der Waals surface area (Å²) in [4.78, 5) is 34.6. The highest BCUT2D eigenvalue weighted by Gasteiger charge is 2.34. The molecule has 0 spiro atoms. The Kier molecular flexibility index (Phi) is 4.40. The van der Waals surface area contributed by atoms with Gasteiger partial charge in [0, 0.05) is 67.7 Å². The zero-order valence-electron chi connectivity index (χ0n) is 17.1. The molecule has 0 radical (unpaired) electrons. The predicted octanol–water partition coefficient (Wildman–Crippen LogP) is 1.89. The lowest BCUT2D eigenvalue weighted by atomic mass is 9.96. The van der Waals surface area contributed by atoms with E-state index in [-0.39, 0.29) is 11.8 Å². The van der Waals surface area contributed by atoms with Crippen molar-refractivity contribution in [3.63, 3.8) is 0 Å². The van der Waals surface area contributed by atoms with Crippen molar-refractivity contribution in [2.75, 3.05) is 38.1 Å². The fraction of sp³-hybridized carbons (Fsp3) is 0.261. The van der Waals surface area contributed by atoms with Crippen LogP contribution in [0.5, 0.6) is 0 Å². The molecule has 152 valence electrons. The van der Waals surface area contributed by atoms with E-state index in [0.29, 0.717) is 16.7 Å². The number of anilines is 1. The number of hydrogen-bond acceptors (Lipinski definition) is 5. The molecule has 2 amide bonds. The number of rotatable bonds is 3. The molecule has 0 unspecified atom stereocenters. The summed E-state index contributed by atoms with van der Waals surface area (Å²) in [6, 6.07) is 9.85. The van der Waals surface area contributed by atoms with Gasteiger partial charge >= 0.3 is 0 Å². The molecule has 0 aliphatic carbocycles. The summed E-state index contributed by atoms with van der Waals surface area (Å²) < 4.78 is 1.98. The van der Waals surface area contributed by atoms with Gasteiger partial charge in [-0.05, 0) is 19.2 Å². The monoisotopic (exact) mass is 401 g/mol. The van der Waals surface area contributed by atoms with Crippen LogP contribution in [0.2, 0.25) is 0 Å². The van der Waals surface area contributed by atoms with Gasteiger partial charge in [-0.1, -0.05) is 18.2 Å². The van der Waals surface area contributed by atoms with Gasteiger partial charge in [-0.15, -0.1) is 0 Å². The molecule has 7 nitrogen and oxygen atoms in total. The van der Waals surface area contributed by atoms with E-state index in [1.165, 1.54) is 0 Å². The SMILES string of the molecule is CN1CCN(c2cncc(C3=C(c4cn(C)c5ccccc45)C(=O)NC3=O)c2)CC1. The van der Waals surface area contributed by atoms with Gasteiger partial charge in [0.1, 0.15) is 0 Å². The Morgan fingerprint density at radius 3 is 2.47 bits per heavy atom. The molecule has 0 bridgehead atoms. The molecule has 7 heteroatoms. The Bertz CT molecular complexity index is 1200. The molecular weight excluding hydrogens is 378 g/mol. The van der Waals surface area contributed by atoms with E-state index in [9.17, 15) is 9.59 Å². The number of likely N-dealkylation sites (N-methyl/N-ethyl adjacent to an activating group) is 1. The van der Waals surface area contributed by atoms with E-state index in [1.54, 1.807) is 6.20 Å². The number of benzene rings is 1. The number of amides is 2. The van der Waals surface area contributed by atoms with Crippen molar-refractivity contribution in [1.29, 1.82) is 0 Å². The molecule has 0 atom stereocenters. The first-order valence-corrected chi connectivity index (χ1v) is 10.1. The quantitative estimate of drug-likeness (QED) is 0.679. The topological polar surface area (TPSA) is 70.5 Å². The Morgan fingerprint density at radius 1 is 0.933 bits per heavy atom. The van der Waals surface area contributed by atoms with Crippen LogP contribution >= 0.6 is 0 Å². The Hall–Kier alpha value is -3.45. The zero-order chi connectivity index (χ0) is 20.8. The van der Waals surface area contributed by atoms with Crippen LogP contribution in [-0.2, 0) is 16.6 Å². The lowest BCUT2D eigenvalue weighted by molar-refractivity contribution is -0.122. The summed E-state index contributed by atoms with van der Waals surface area (Å²) in [5, 5.41) is 3.43. The second kappa shape index (κ2) is 7.11. The molecule has 1 fully saturated rings. The third-order valence-corrected chi connectivity index (χ3v) is 5.98. The number of fused-ring (bicyclic) bond motifs is 1. The van der Waals surface area contributed by atoms with Gasteiger partial charge in [0.2, 0.25) is 0 Å².